The Labute approximate surface area is 399 Å². The Morgan fingerprint density at radius 1 is 0.344 bits per heavy atom. The third kappa shape index (κ3) is 52.5. The van der Waals surface area contributed by atoms with Crippen LogP contribution in [0.2, 0.25) is 0 Å². The molecule has 0 aromatic carbocycles. The molecule has 0 aromatic heterocycles. The van der Waals surface area contributed by atoms with Crippen LogP contribution >= 0.6 is 0 Å². The number of esters is 2. The first kappa shape index (κ1) is 61.9. The van der Waals surface area contributed by atoms with Gasteiger partial charge in [0.25, 0.3) is 0 Å². The van der Waals surface area contributed by atoms with E-state index in [1.54, 1.807) is 0 Å². The van der Waals surface area contributed by atoms with Gasteiger partial charge in [-0.25, -0.2) is 0 Å². The molecule has 5 nitrogen and oxygen atoms in total. The summed E-state index contributed by atoms with van der Waals surface area (Å²) in [4.78, 5) is 25.5. The Morgan fingerprint density at radius 3 is 1.09 bits per heavy atom. The molecule has 0 radical (unpaired) electrons. The smallest absolute Gasteiger partial charge is 0.306 e. The van der Waals surface area contributed by atoms with Gasteiger partial charge in [-0.05, 0) is 83.5 Å². The van der Waals surface area contributed by atoms with E-state index in [0.29, 0.717) is 19.4 Å². The van der Waals surface area contributed by atoms with Crippen LogP contribution in [0.5, 0.6) is 0 Å². The van der Waals surface area contributed by atoms with E-state index in [9.17, 15) is 9.59 Å². The molecule has 0 rings (SSSR count). The molecule has 0 aliphatic rings. The number of rotatable bonds is 52. The largest absolute Gasteiger partial charge is 0.462 e. The fourth-order valence-electron chi connectivity index (χ4n) is 8.10. The first-order valence-electron chi connectivity index (χ1n) is 28.2. The normalized spacial score (nSPS) is 12.5. The second-order valence-electron chi connectivity index (χ2n) is 18.8. The van der Waals surface area contributed by atoms with E-state index in [2.05, 4.69) is 69.4 Å². The maximum absolute atomic E-state index is 12.8. The lowest BCUT2D eigenvalue weighted by Gasteiger charge is -2.18. The van der Waals surface area contributed by atoms with Crippen LogP contribution in [-0.2, 0) is 23.8 Å². The van der Waals surface area contributed by atoms with Crippen molar-refractivity contribution < 1.29 is 23.8 Å². The monoisotopic (exact) mass is 897 g/mol. The van der Waals surface area contributed by atoms with Crippen LogP contribution in [0.25, 0.3) is 0 Å². The minimum atomic E-state index is -0.541. The highest BCUT2D eigenvalue weighted by Gasteiger charge is 2.17. The topological polar surface area (TPSA) is 61.8 Å². The summed E-state index contributed by atoms with van der Waals surface area (Å²) in [6.07, 6.45) is 68.3. The van der Waals surface area contributed by atoms with Crippen LogP contribution in [0, 0.1) is 0 Å². The van der Waals surface area contributed by atoms with Crippen molar-refractivity contribution in [3.63, 3.8) is 0 Å². The Morgan fingerprint density at radius 2 is 0.656 bits per heavy atom. The summed E-state index contributed by atoms with van der Waals surface area (Å²) in [7, 11) is 0. The van der Waals surface area contributed by atoms with Gasteiger partial charge >= 0.3 is 11.9 Å². The van der Waals surface area contributed by atoms with E-state index in [0.717, 1.165) is 64.2 Å². The fraction of sp³-hybridized carbons (Fsp3) is 0.831. The molecule has 0 bridgehead atoms. The van der Waals surface area contributed by atoms with Crippen LogP contribution < -0.4 is 0 Å². The molecule has 1 atom stereocenters. The number of carbonyl (C=O) groups excluding carboxylic acids is 2. The predicted octanol–water partition coefficient (Wildman–Crippen LogP) is 19.1. The Bertz CT molecular complexity index is 1060. The van der Waals surface area contributed by atoms with Gasteiger partial charge in [0.05, 0.1) is 6.61 Å². The predicted molar refractivity (Wildman–Crippen MR) is 279 cm³/mol. The standard InChI is InChI=1S/C59H108O5/c1-4-7-10-13-16-19-22-25-27-29-30-32-33-35-37-40-43-46-49-52-58(60)63-56-57(55-62-54-51-48-45-42-39-24-21-18-15-12-9-6-3)64-59(61)53-50-47-44-41-38-36-34-31-28-26-23-20-17-14-11-8-5-2/h16,19,25-28,30,32,57H,4-15,17-18,20-24,29,31,33-56H2,1-3H3/b19-16-,27-25-,28-26-,32-30-. The van der Waals surface area contributed by atoms with Crippen molar-refractivity contribution in [1.29, 1.82) is 0 Å². The van der Waals surface area contributed by atoms with Gasteiger partial charge in [0.15, 0.2) is 6.10 Å². The molecule has 0 N–H and O–H groups in total. The molecule has 0 amide bonds. The molecule has 0 aliphatic carbocycles. The van der Waals surface area contributed by atoms with Crippen LogP contribution in [0.1, 0.15) is 290 Å². The summed E-state index contributed by atoms with van der Waals surface area (Å²) in [6, 6.07) is 0. The minimum Gasteiger partial charge on any atom is -0.462 e. The van der Waals surface area contributed by atoms with Gasteiger partial charge in [-0.1, -0.05) is 243 Å². The molecule has 1 unspecified atom stereocenters. The molecule has 0 heterocycles. The Kier molecular flexibility index (Phi) is 53.3. The maximum atomic E-state index is 12.8. The molecule has 374 valence electrons. The molecule has 0 saturated heterocycles. The van der Waals surface area contributed by atoms with Crippen molar-refractivity contribution in [2.75, 3.05) is 19.8 Å². The quantitative estimate of drug-likeness (QED) is 0.0346. The van der Waals surface area contributed by atoms with Crippen molar-refractivity contribution in [2.45, 2.75) is 297 Å². The summed E-state index contributed by atoms with van der Waals surface area (Å²) >= 11 is 0. The van der Waals surface area contributed by atoms with Crippen LogP contribution in [0.4, 0.5) is 0 Å². The highest BCUT2D eigenvalue weighted by molar-refractivity contribution is 5.70. The van der Waals surface area contributed by atoms with Gasteiger partial charge < -0.3 is 14.2 Å². The van der Waals surface area contributed by atoms with Crippen LogP contribution in [0.15, 0.2) is 48.6 Å². The van der Waals surface area contributed by atoms with E-state index in [4.69, 9.17) is 14.2 Å². The molecule has 0 spiro atoms. The Balaban J connectivity index is 4.25. The first-order valence-corrected chi connectivity index (χ1v) is 28.2. The van der Waals surface area contributed by atoms with Gasteiger partial charge in [-0.3, -0.25) is 9.59 Å². The summed E-state index contributed by atoms with van der Waals surface area (Å²) < 4.78 is 17.4. The minimum absolute atomic E-state index is 0.0801. The zero-order chi connectivity index (χ0) is 46.3. The number of hydrogen-bond acceptors (Lipinski definition) is 5. The molecule has 0 aliphatic heterocycles. The molecule has 5 heteroatoms. The Hall–Kier alpha value is -2.14. The van der Waals surface area contributed by atoms with Gasteiger partial charge in [-0.15, -0.1) is 0 Å². The number of ether oxygens (including phenoxy) is 3. The molecule has 0 aromatic rings. The summed E-state index contributed by atoms with van der Waals surface area (Å²) in [5, 5.41) is 0. The number of hydrogen-bond donors (Lipinski definition) is 0. The molecular formula is C59H108O5. The van der Waals surface area contributed by atoms with Crippen molar-refractivity contribution in [3.8, 4) is 0 Å². The number of unbranched alkanes of at least 4 members (excludes halogenated alkanes) is 33. The van der Waals surface area contributed by atoms with E-state index in [1.807, 2.05) is 0 Å². The lowest BCUT2D eigenvalue weighted by molar-refractivity contribution is -0.163. The van der Waals surface area contributed by atoms with Gasteiger partial charge in [0, 0.05) is 19.4 Å². The number of allylic oxidation sites excluding steroid dienone is 8. The average Bonchev–Trinajstić information content (AvgIpc) is 3.30. The van der Waals surface area contributed by atoms with Gasteiger partial charge in [0.1, 0.15) is 6.61 Å². The SMILES string of the molecule is CCCCC/C=C\C/C=C\C/C=C\CCCCCCCCC(=O)OCC(COCCCCCCCCCCCCCC)OC(=O)CCCCCCCCC/C=C\CCCCCCCC. The molecule has 0 saturated carbocycles. The van der Waals surface area contributed by atoms with E-state index in [-0.39, 0.29) is 25.2 Å². The average molecular weight is 898 g/mol. The van der Waals surface area contributed by atoms with E-state index >= 15 is 0 Å². The first-order chi connectivity index (χ1) is 31.6. The van der Waals surface area contributed by atoms with Crippen molar-refractivity contribution in [1.82, 2.24) is 0 Å². The molecule has 64 heavy (non-hydrogen) atoms. The van der Waals surface area contributed by atoms with E-state index < -0.39 is 6.10 Å². The van der Waals surface area contributed by atoms with Crippen molar-refractivity contribution >= 4 is 11.9 Å². The second kappa shape index (κ2) is 55.2. The maximum Gasteiger partial charge on any atom is 0.306 e. The van der Waals surface area contributed by atoms with Crippen LogP contribution in [0.3, 0.4) is 0 Å². The summed E-state index contributed by atoms with van der Waals surface area (Å²) in [6.45, 7) is 7.82. The highest BCUT2D eigenvalue weighted by Crippen LogP contribution is 2.15. The van der Waals surface area contributed by atoms with Gasteiger partial charge in [-0.2, -0.15) is 0 Å². The second-order valence-corrected chi connectivity index (χ2v) is 18.8. The molecule has 0 fully saturated rings. The zero-order valence-corrected chi connectivity index (χ0v) is 43.1. The van der Waals surface area contributed by atoms with Crippen molar-refractivity contribution in [3.05, 3.63) is 48.6 Å². The highest BCUT2D eigenvalue weighted by atomic mass is 16.6. The third-order valence-corrected chi connectivity index (χ3v) is 12.3. The summed E-state index contributed by atoms with van der Waals surface area (Å²) in [5.74, 6) is -0.403. The zero-order valence-electron chi connectivity index (χ0n) is 43.1. The molecular weight excluding hydrogens is 789 g/mol. The lowest BCUT2D eigenvalue weighted by Crippen LogP contribution is -2.30. The third-order valence-electron chi connectivity index (χ3n) is 12.3. The summed E-state index contributed by atoms with van der Waals surface area (Å²) in [5.41, 5.74) is 0. The number of carbonyl (C=O) groups is 2. The lowest BCUT2D eigenvalue weighted by atomic mass is 10.1. The van der Waals surface area contributed by atoms with Crippen LogP contribution in [-0.4, -0.2) is 37.9 Å². The fourth-order valence-corrected chi connectivity index (χ4v) is 8.10. The van der Waals surface area contributed by atoms with Gasteiger partial charge in [0.2, 0.25) is 0 Å². The van der Waals surface area contributed by atoms with Crippen molar-refractivity contribution in [2.24, 2.45) is 0 Å². The van der Waals surface area contributed by atoms with E-state index in [1.165, 1.54) is 193 Å².